The molecule has 0 saturated carbocycles. The molecule has 1 fully saturated rings. The summed E-state index contributed by atoms with van der Waals surface area (Å²) >= 11 is 0. The number of aromatic nitrogens is 3. The number of rotatable bonds is 6. The van der Waals surface area contributed by atoms with Crippen molar-refractivity contribution >= 4 is 40.6 Å². The van der Waals surface area contributed by atoms with Crippen molar-refractivity contribution in [1.29, 1.82) is 0 Å². The highest BCUT2D eigenvalue weighted by atomic mass is 32.2. The Morgan fingerprint density at radius 2 is 1.92 bits per heavy atom. The molecule has 36 heavy (non-hydrogen) atoms. The molecule has 2 aromatic heterocycles. The summed E-state index contributed by atoms with van der Waals surface area (Å²) in [7, 11) is 2.49. The van der Waals surface area contributed by atoms with E-state index in [0.717, 1.165) is 16.8 Å². The second-order valence-electron chi connectivity index (χ2n) is 8.92. The zero-order chi connectivity index (χ0) is 25.3. The van der Waals surface area contributed by atoms with E-state index in [-0.39, 0.29) is 23.3 Å². The highest BCUT2D eigenvalue weighted by Gasteiger charge is 2.29. The standard InChI is InChI=1S/C24H25BN6O4S/c1-36(33,34)20-4-2-18(3-5-20)31-23-21(14-29-31)24(28-15-27-23)35-19-6-8-30(9-7-19)22(32)11-16-10-17(25)13-26-12-16/h2-5,10,12-13,15,19,29H,6-9,11,14H2,1H3. The molecule has 0 unspecified atom stereocenters. The van der Waals surface area contributed by atoms with Crippen LogP contribution in [0.15, 0.2) is 53.9 Å². The van der Waals surface area contributed by atoms with E-state index in [1.807, 2.05) is 4.90 Å². The number of ether oxygens (including phenoxy) is 1. The van der Waals surface area contributed by atoms with E-state index < -0.39 is 9.84 Å². The first-order chi connectivity index (χ1) is 17.3. The van der Waals surface area contributed by atoms with E-state index in [4.69, 9.17) is 12.6 Å². The van der Waals surface area contributed by atoms with Crippen molar-refractivity contribution in [3.05, 3.63) is 60.2 Å². The van der Waals surface area contributed by atoms with Crippen LogP contribution in [-0.2, 0) is 27.6 Å². The number of nitrogens with zero attached hydrogens (tertiary/aromatic N) is 5. The fourth-order valence-electron chi connectivity index (χ4n) is 4.40. The summed E-state index contributed by atoms with van der Waals surface area (Å²) in [5.74, 6) is 1.22. The lowest BCUT2D eigenvalue weighted by Crippen LogP contribution is -2.42. The van der Waals surface area contributed by atoms with Crippen LogP contribution in [0.5, 0.6) is 5.88 Å². The Kier molecular flexibility index (Phi) is 6.63. The number of amides is 1. The first-order valence-electron chi connectivity index (χ1n) is 11.6. The minimum absolute atomic E-state index is 0.0468. The molecule has 1 aromatic carbocycles. The molecule has 1 N–H and O–H groups in total. The number of fused-ring (bicyclic) bond motifs is 1. The number of carbonyl (C=O) groups excluding carboxylic acids is 1. The molecular weight excluding hydrogens is 479 g/mol. The summed E-state index contributed by atoms with van der Waals surface area (Å²) in [6, 6.07) is 8.37. The van der Waals surface area contributed by atoms with Crippen LogP contribution in [0, 0.1) is 0 Å². The molecule has 5 rings (SSSR count). The van der Waals surface area contributed by atoms with E-state index in [1.165, 1.54) is 12.6 Å². The number of sulfone groups is 1. The summed E-state index contributed by atoms with van der Waals surface area (Å²) in [4.78, 5) is 27.6. The number of nitrogens with one attached hydrogen (secondary N) is 1. The number of anilines is 2. The number of hydrazine groups is 1. The van der Waals surface area contributed by atoms with Gasteiger partial charge in [-0.3, -0.25) is 14.8 Å². The first kappa shape index (κ1) is 24.2. The van der Waals surface area contributed by atoms with Gasteiger partial charge in [-0.15, -0.1) is 0 Å². The molecule has 3 aromatic rings. The van der Waals surface area contributed by atoms with Crippen LogP contribution >= 0.6 is 0 Å². The van der Waals surface area contributed by atoms with Crippen LogP contribution in [0.4, 0.5) is 11.5 Å². The highest BCUT2D eigenvalue weighted by molar-refractivity contribution is 7.90. The maximum Gasteiger partial charge on any atom is 0.227 e. The van der Waals surface area contributed by atoms with Gasteiger partial charge in [0.25, 0.3) is 0 Å². The van der Waals surface area contributed by atoms with Gasteiger partial charge < -0.3 is 9.64 Å². The smallest absolute Gasteiger partial charge is 0.227 e. The Morgan fingerprint density at radius 1 is 1.17 bits per heavy atom. The van der Waals surface area contributed by atoms with Gasteiger partial charge in [-0.05, 0) is 29.8 Å². The monoisotopic (exact) mass is 504 g/mol. The van der Waals surface area contributed by atoms with Crippen molar-refractivity contribution in [2.75, 3.05) is 24.4 Å². The molecule has 1 amide bonds. The third-order valence-corrected chi connectivity index (χ3v) is 7.40. The zero-order valence-electron chi connectivity index (χ0n) is 19.8. The molecule has 2 radical (unpaired) electrons. The third-order valence-electron chi connectivity index (χ3n) is 6.28. The molecule has 0 atom stereocenters. The molecular formula is C24H25BN6O4S. The normalized spacial score (nSPS) is 16.1. The van der Waals surface area contributed by atoms with Gasteiger partial charge in [0.1, 0.15) is 20.3 Å². The molecule has 0 spiro atoms. The van der Waals surface area contributed by atoms with Gasteiger partial charge in [0, 0.05) is 51.1 Å². The van der Waals surface area contributed by atoms with Gasteiger partial charge in [-0.25, -0.2) is 23.8 Å². The van der Waals surface area contributed by atoms with Crippen LogP contribution < -0.4 is 20.6 Å². The summed E-state index contributed by atoms with van der Waals surface area (Å²) in [5, 5.41) is 1.79. The van der Waals surface area contributed by atoms with E-state index >= 15 is 0 Å². The lowest BCUT2D eigenvalue weighted by Gasteiger charge is -2.32. The van der Waals surface area contributed by atoms with Crippen molar-refractivity contribution < 1.29 is 17.9 Å². The minimum Gasteiger partial charge on any atom is -0.474 e. The number of benzene rings is 1. The SMILES string of the molecule is [B]c1cncc(CC(=O)N2CCC(Oc3ncnc4c3CNN4c3ccc(S(C)(=O)=O)cc3)CC2)c1. The van der Waals surface area contributed by atoms with Crippen LogP contribution in [0.3, 0.4) is 0 Å². The number of carbonyl (C=O) groups is 1. The number of hydrogen-bond acceptors (Lipinski definition) is 9. The van der Waals surface area contributed by atoms with Gasteiger partial charge in [-0.1, -0.05) is 11.5 Å². The summed E-state index contributed by atoms with van der Waals surface area (Å²) in [6.45, 7) is 1.68. The number of hydrogen-bond donors (Lipinski definition) is 1. The fraction of sp³-hybridized carbons (Fsp3) is 0.333. The Hall–Kier alpha value is -3.51. The predicted octanol–water partition coefficient (Wildman–Crippen LogP) is 0.838. The number of piperidine rings is 1. The quantitative estimate of drug-likeness (QED) is 0.488. The summed E-state index contributed by atoms with van der Waals surface area (Å²) in [5.41, 5.74) is 6.19. The predicted molar refractivity (Wildman–Crippen MR) is 134 cm³/mol. The third kappa shape index (κ3) is 5.19. The fourth-order valence-corrected chi connectivity index (χ4v) is 5.03. The van der Waals surface area contributed by atoms with Crippen molar-refractivity contribution in [2.24, 2.45) is 0 Å². The van der Waals surface area contributed by atoms with E-state index in [0.29, 0.717) is 49.6 Å². The maximum atomic E-state index is 12.7. The average Bonchev–Trinajstić information content (AvgIpc) is 3.29. The van der Waals surface area contributed by atoms with E-state index in [2.05, 4.69) is 20.4 Å². The van der Waals surface area contributed by atoms with Crippen molar-refractivity contribution in [2.45, 2.75) is 36.8 Å². The molecule has 10 nitrogen and oxygen atoms in total. The van der Waals surface area contributed by atoms with Gasteiger partial charge >= 0.3 is 0 Å². The zero-order valence-corrected chi connectivity index (χ0v) is 20.6. The molecule has 1 saturated heterocycles. The number of pyridine rings is 1. The second kappa shape index (κ2) is 9.86. The largest absolute Gasteiger partial charge is 0.474 e. The minimum atomic E-state index is -3.27. The Morgan fingerprint density at radius 3 is 2.61 bits per heavy atom. The highest BCUT2D eigenvalue weighted by Crippen LogP contribution is 2.35. The molecule has 2 aliphatic heterocycles. The Labute approximate surface area is 211 Å². The molecule has 4 heterocycles. The van der Waals surface area contributed by atoms with Crippen LogP contribution in [0.2, 0.25) is 0 Å². The van der Waals surface area contributed by atoms with Gasteiger partial charge in [-0.2, -0.15) is 0 Å². The Bertz CT molecular complexity index is 1380. The topological polar surface area (TPSA) is 118 Å². The van der Waals surface area contributed by atoms with Gasteiger partial charge in [0.05, 0.1) is 22.6 Å². The molecule has 0 bridgehead atoms. The Balaban J connectivity index is 1.21. The van der Waals surface area contributed by atoms with Gasteiger partial charge in [0.15, 0.2) is 15.7 Å². The lowest BCUT2D eigenvalue weighted by atomic mass is 9.96. The first-order valence-corrected chi connectivity index (χ1v) is 13.5. The number of likely N-dealkylation sites (tertiary alicyclic amines) is 1. The van der Waals surface area contributed by atoms with Gasteiger partial charge in [0.2, 0.25) is 11.8 Å². The van der Waals surface area contributed by atoms with E-state index in [9.17, 15) is 13.2 Å². The van der Waals surface area contributed by atoms with E-state index in [1.54, 1.807) is 47.7 Å². The van der Waals surface area contributed by atoms with Crippen molar-refractivity contribution in [1.82, 2.24) is 25.3 Å². The van der Waals surface area contributed by atoms with Crippen molar-refractivity contribution in [3.63, 3.8) is 0 Å². The average molecular weight is 504 g/mol. The van der Waals surface area contributed by atoms with Crippen LogP contribution in [0.1, 0.15) is 24.0 Å². The lowest BCUT2D eigenvalue weighted by molar-refractivity contribution is -0.132. The second-order valence-corrected chi connectivity index (χ2v) is 10.9. The maximum absolute atomic E-state index is 12.7. The van der Waals surface area contributed by atoms with Crippen LogP contribution in [-0.4, -0.2) is 67.5 Å². The molecule has 12 heteroatoms. The van der Waals surface area contributed by atoms with Crippen LogP contribution in [0.25, 0.3) is 0 Å². The molecule has 2 aliphatic rings. The molecule has 0 aliphatic carbocycles. The molecule has 184 valence electrons. The summed E-state index contributed by atoms with van der Waals surface area (Å²) < 4.78 is 29.8. The van der Waals surface area contributed by atoms with Crippen molar-refractivity contribution in [3.8, 4) is 5.88 Å². The summed E-state index contributed by atoms with van der Waals surface area (Å²) in [6.07, 6.45) is 7.46.